The average Bonchev–Trinajstić information content (AvgIpc) is 2.74. The summed E-state index contributed by atoms with van der Waals surface area (Å²) < 4.78 is 18.2. The molecule has 5 heteroatoms. The van der Waals surface area contributed by atoms with Crippen molar-refractivity contribution in [3.8, 4) is 23.0 Å². The normalized spacial score (nSPS) is 19.8. The molecular weight excluding hydrogens is 364 g/mol. The van der Waals surface area contributed by atoms with Crippen molar-refractivity contribution < 1.29 is 14.2 Å². The molecule has 0 atom stereocenters. The fraction of sp³-hybridized carbons (Fsp3) is 0.500. The molecule has 0 radical (unpaired) electrons. The van der Waals surface area contributed by atoms with Crippen LogP contribution in [0.2, 0.25) is 0 Å². The number of rotatable bonds is 6. The Labute approximate surface area is 174 Å². The summed E-state index contributed by atoms with van der Waals surface area (Å²) in [6.45, 7) is 4.40. The van der Waals surface area contributed by atoms with Crippen LogP contribution in [-0.2, 0) is 0 Å². The van der Waals surface area contributed by atoms with Crippen LogP contribution in [0.1, 0.15) is 25.7 Å². The van der Waals surface area contributed by atoms with Gasteiger partial charge in [-0.25, -0.2) is 0 Å². The summed E-state index contributed by atoms with van der Waals surface area (Å²) in [5, 5.41) is 0. The Hall–Kier alpha value is -2.24. The van der Waals surface area contributed by atoms with Gasteiger partial charge in [-0.05, 0) is 88.3 Å². The molecule has 29 heavy (non-hydrogen) atoms. The van der Waals surface area contributed by atoms with E-state index in [-0.39, 0.29) is 0 Å². The van der Waals surface area contributed by atoms with Crippen LogP contribution in [0.15, 0.2) is 48.5 Å². The molecular formula is C24H32N2O3. The van der Waals surface area contributed by atoms with Crippen molar-refractivity contribution in [3.63, 3.8) is 0 Å². The molecule has 0 bridgehead atoms. The average molecular weight is 397 g/mol. The lowest BCUT2D eigenvalue weighted by Crippen LogP contribution is -2.35. The molecule has 2 aliphatic rings. The summed E-state index contributed by atoms with van der Waals surface area (Å²) in [4.78, 5) is 4.70. The first-order chi connectivity index (χ1) is 14.1. The molecule has 5 nitrogen and oxygen atoms in total. The Kier molecular flexibility index (Phi) is 6.57. The molecule has 0 unspecified atom stereocenters. The third-order valence-corrected chi connectivity index (χ3v) is 5.82. The number of hydrogen-bond acceptors (Lipinski definition) is 5. The second-order valence-electron chi connectivity index (χ2n) is 8.29. The summed E-state index contributed by atoms with van der Waals surface area (Å²) in [6.07, 6.45) is 4.97. The van der Waals surface area contributed by atoms with Crippen LogP contribution in [0, 0.1) is 0 Å². The highest BCUT2D eigenvalue weighted by molar-refractivity contribution is 5.37. The van der Waals surface area contributed by atoms with Crippen LogP contribution in [0.5, 0.6) is 23.0 Å². The van der Waals surface area contributed by atoms with Crippen molar-refractivity contribution in [2.75, 3.05) is 40.3 Å². The van der Waals surface area contributed by atoms with E-state index in [2.05, 4.69) is 23.9 Å². The fourth-order valence-corrected chi connectivity index (χ4v) is 3.90. The number of likely N-dealkylation sites (tertiary alicyclic amines) is 2. The van der Waals surface area contributed by atoms with Gasteiger partial charge in [-0.15, -0.1) is 0 Å². The molecule has 0 saturated carbocycles. The summed E-state index contributed by atoms with van der Waals surface area (Å²) in [5.41, 5.74) is 0. The predicted octanol–water partition coefficient (Wildman–Crippen LogP) is 4.42. The summed E-state index contributed by atoms with van der Waals surface area (Å²) in [6, 6.07) is 15.8. The van der Waals surface area contributed by atoms with Crippen LogP contribution in [0.4, 0.5) is 0 Å². The first-order valence-electron chi connectivity index (χ1n) is 10.7. The summed E-state index contributed by atoms with van der Waals surface area (Å²) >= 11 is 0. The first-order valence-corrected chi connectivity index (χ1v) is 10.7. The number of benzene rings is 2. The molecule has 2 aliphatic heterocycles. The molecule has 2 aromatic rings. The van der Waals surface area contributed by atoms with Crippen LogP contribution in [0.25, 0.3) is 0 Å². The molecule has 0 N–H and O–H groups in total. The minimum absolute atomic E-state index is 0.315. The lowest BCUT2D eigenvalue weighted by molar-refractivity contribution is 0.114. The molecule has 2 saturated heterocycles. The van der Waals surface area contributed by atoms with E-state index in [0.29, 0.717) is 12.2 Å². The molecule has 4 rings (SSSR count). The molecule has 0 amide bonds. The molecule has 156 valence electrons. The highest BCUT2D eigenvalue weighted by Crippen LogP contribution is 2.27. The topological polar surface area (TPSA) is 34.2 Å². The van der Waals surface area contributed by atoms with Gasteiger partial charge in [0.1, 0.15) is 35.2 Å². The van der Waals surface area contributed by atoms with Gasteiger partial charge in [0, 0.05) is 26.2 Å². The molecule has 0 aromatic heterocycles. The summed E-state index contributed by atoms with van der Waals surface area (Å²) in [7, 11) is 4.32. The van der Waals surface area contributed by atoms with Crippen molar-refractivity contribution in [2.45, 2.75) is 37.9 Å². The molecule has 2 heterocycles. The third-order valence-electron chi connectivity index (χ3n) is 5.82. The number of nitrogens with zero attached hydrogens (tertiary/aromatic N) is 2. The molecule has 0 aliphatic carbocycles. The van der Waals surface area contributed by atoms with Gasteiger partial charge in [0.25, 0.3) is 0 Å². The second-order valence-corrected chi connectivity index (χ2v) is 8.29. The lowest BCUT2D eigenvalue weighted by atomic mass is 10.1. The largest absolute Gasteiger partial charge is 0.490 e. The van der Waals surface area contributed by atoms with Crippen LogP contribution in [-0.4, -0.2) is 62.3 Å². The Morgan fingerprint density at radius 3 is 1.21 bits per heavy atom. The van der Waals surface area contributed by atoms with Gasteiger partial charge in [-0.2, -0.15) is 0 Å². The number of piperidine rings is 2. The van der Waals surface area contributed by atoms with Crippen molar-refractivity contribution in [1.29, 1.82) is 0 Å². The van der Waals surface area contributed by atoms with Gasteiger partial charge in [0.2, 0.25) is 0 Å². The second kappa shape index (κ2) is 9.51. The number of hydrogen-bond donors (Lipinski definition) is 0. The predicted molar refractivity (Wildman–Crippen MR) is 115 cm³/mol. The van der Waals surface area contributed by atoms with Crippen LogP contribution >= 0.6 is 0 Å². The van der Waals surface area contributed by atoms with Gasteiger partial charge in [0.05, 0.1) is 0 Å². The van der Waals surface area contributed by atoms with Crippen molar-refractivity contribution in [2.24, 2.45) is 0 Å². The zero-order valence-electron chi connectivity index (χ0n) is 17.5. The SMILES string of the molecule is CN1CCC(Oc2ccc(Oc3ccc(OC4CCN(C)CC4)cc3)cc2)CC1. The van der Waals surface area contributed by atoms with Gasteiger partial charge in [-0.3, -0.25) is 0 Å². The maximum Gasteiger partial charge on any atom is 0.127 e. The van der Waals surface area contributed by atoms with Crippen LogP contribution < -0.4 is 14.2 Å². The minimum Gasteiger partial charge on any atom is -0.490 e. The summed E-state index contributed by atoms with van der Waals surface area (Å²) in [5.74, 6) is 3.44. The molecule has 0 spiro atoms. The van der Waals surface area contributed by atoms with Gasteiger partial charge >= 0.3 is 0 Å². The standard InChI is InChI=1S/C24H32N2O3/c1-25-15-11-23(12-16-25)28-21-7-3-19(4-8-21)27-20-5-9-22(10-6-20)29-24-13-17-26(2)18-14-24/h3-10,23-24H,11-18H2,1-2H3. The third kappa shape index (κ3) is 5.87. The van der Waals surface area contributed by atoms with Crippen molar-refractivity contribution in [1.82, 2.24) is 9.80 Å². The monoisotopic (exact) mass is 396 g/mol. The van der Waals surface area contributed by atoms with E-state index in [1.165, 1.54) is 0 Å². The van der Waals surface area contributed by atoms with E-state index in [1.807, 2.05) is 48.5 Å². The highest BCUT2D eigenvalue weighted by Gasteiger charge is 2.19. The minimum atomic E-state index is 0.315. The Morgan fingerprint density at radius 1 is 0.552 bits per heavy atom. The van der Waals surface area contributed by atoms with E-state index >= 15 is 0 Å². The zero-order valence-corrected chi connectivity index (χ0v) is 17.5. The van der Waals surface area contributed by atoms with E-state index in [1.54, 1.807) is 0 Å². The fourth-order valence-electron chi connectivity index (χ4n) is 3.90. The molecule has 2 aromatic carbocycles. The van der Waals surface area contributed by atoms with Gasteiger partial charge < -0.3 is 24.0 Å². The van der Waals surface area contributed by atoms with Crippen molar-refractivity contribution in [3.05, 3.63) is 48.5 Å². The quantitative estimate of drug-likeness (QED) is 0.722. The highest BCUT2D eigenvalue weighted by atomic mass is 16.5. The maximum absolute atomic E-state index is 6.10. The van der Waals surface area contributed by atoms with E-state index in [9.17, 15) is 0 Å². The van der Waals surface area contributed by atoms with E-state index in [4.69, 9.17) is 14.2 Å². The van der Waals surface area contributed by atoms with E-state index < -0.39 is 0 Å². The van der Waals surface area contributed by atoms with Crippen LogP contribution in [0.3, 0.4) is 0 Å². The first kappa shape index (κ1) is 20.0. The lowest BCUT2D eigenvalue weighted by Gasteiger charge is -2.29. The smallest absolute Gasteiger partial charge is 0.127 e. The maximum atomic E-state index is 6.10. The van der Waals surface area contributed by atoms with Gasteiger partial charge in [0.15, 0.2) is 0 Å². The van der Waals surface area contributed by atoms with E-state index in [0.717, 1.165) is 74.9 Å². The van der Waals surface area contributed by atoms with Crippen molar-refractivity contribution >= 4 is 0 Å². The zero-order chi connectivity index (χ0) is 20.1. The Morgan fingerprint density at radius 2 is 0.862 bits per heavy atom. The Bertz CT molecular complexity index is 681. The Balaban J connectivity index is 1.26. The number of ether oxygens (including phenoxy) is 3. The van der Waals surface area contributed by atoms with Gasteiger partial charge in [-0.1, -0.05) is 0 Å². The molecule has 2 fully saturated rings.